The fraction of sp³-hybridized carbons (Fsp3) is 0.500. The van der Waals surface area contributed by atoms with E-state index in [2.05, 4.69) is 4.90 Å². The van der Waals surface area contributed by atoms with Crippen molar-refractivity contribution in [1.29, 1.82) is 0 Å². The SMILES string of the molecule is NC(=O)C1CCN(CCOCCO)c2ccccc21. The highest BCUT2D eigenvalue weighted by Crippen LogP contribution is 2.34. The van der Waals surface area contributed by atoms with E-state index >= 15 is 0 Å². The predicted octanol–water partition coefficient (Wildman–Crippen LogP) is 0.475. The summed E-state index contributed by atoms with van der Waals surface area (Å²) in [5.41, 5.74) is 7.52. The molecule has 0 aliphatic carbocycles. The standard InChI is InChI=1S/C14H20N2O3/c15-14(18)12-5-6-16(7-9-19-10-8-17)13-4-2-1-3-11(12)13/h1-4,12,17H,5-10H2,(H2,15,18). The van der Waals surface area contributed by atoms with Gasteiger partial charge in [0, 0.05) is 18.8 Å². The van der Waals surface area contributed by atoms with E-state index in [0.717, 1.165) is 30.8 Å². The van der Waals surface area contributed by atoms with Gasteiger partial charge in [0.15, 0.2) is 0 Å². The van der Waals surface area contributed by atoms with E-state index in [1.165, 1.54) is 0 Å². The summed E-state index contributed by atoms with van der Waals surface area (Å²) in [7, 11) is 0. The molecule has 0 saturated carbocycles. The molecule has 0 bridgehead atoms. The number of anilines is 1. The van der Waals surface area contributed by atoms with Gasteiger partial charge in [0.2, 0.25) is 5.91 Å². The van der Waals surface area contributed by atoms with Gasteiger partial charge < -0.3 is 20.5 Å². The molecule has 1 aromatic rings. The molecule has 1 heterocycles. The first-order chi connectivity index (χ1) is 9.24. The summed E-state index contributed by atoms with van der Waals surface area (Å²) in [5.74, 6) is -0.450. The third kappa shape index (κ3) is 3.24. The van der Waals surface area contributed by atoms with E-state index in [-0.39, 0.29) is 18.4 Å². The number of aliphatic hydroxyl groups excluding tert-OH is 1. The van der Waals surface area contributed by atoms with Crippen molar-refractivity contribution >= 4 is 11.6 Å². The summed E-state index contributed by atoms with van der Waals surface area (Å²) in [6.45, 7) is 2.52. The van der Waals surface area contributed by atoms with E-state index in [9.17, 15) is 4.79 Å². The van der Waals surface area contributed by atoms with E-state index < -0.39 is 0 Å². The van der Waals surface area contributed by atoms with Crippen molar-refractivity contribution in [3.63, 3.8) is 0 Å². The monoisotopic (exact) mass is 264 g/mol. The smallest absolute Gasteiger partial charge is 0.225 e. The van der Waals surface area contributed by atoms with Crippen LogP contribution in [-0.4, -0.2) is 43.9 Å². The number of fused-ring (bicyclic) bond motifs is 1. The molecule has 2 rings (SSSR count). The Balaban J connectivity index is 2.07. The number of ether oxygens (including phenoxy) is 1. The van der Waals surface area contributed by atoms with Gasteiger partial charge >= 0.3 is 0 Å². The second-order valence-corrected chi connectivity index (χ2v) is 4.63. The van der Waals surface area contributed by atoms with Crippen LogP contribution in [0.15, 0.2) is 24.3 Å². The van der Waals surface area contributed by atoms with Gasteiger partial charge in [0.1, 0.15) is 0 Å². The first-order valence-corrected chi connectivity index (χ1v) is 6.56. The Bertz CT molecular complexity index is 436. The largest absolute Gasteiger partial charge is 0.394 e. The van der Waals surface area contributed by atoms with Gasteiger partial charge in [-0.05, 0) is 18.1 Å². The molecule has 104 valence electrons. The number of hydrogen-bond acceptors (Lipinski definition) is 4. The highest BCUT2D eigenvalue weighted by Gasteiger charge is 2.27. The highest BCUT2D eigenvalue weighted by molar-refractivity contribution is 5.85. The Morgan fingerprint density at radius 3 is 2.95 bits per heavy atom. The molecule has 19 heavy (non-hydrogen) atoms. The number of nitrogens with two attached hydrogens (primary N) is 1. The van der Waals surface area contributed by atoms with Crippen molar-refractivity contribution in [1.82, 2.24) is 0 Å². The number of para-hydroxylation sites is 1. The number of rotatable bonds is 6. The third-order valence-corrected chi connectivity index (χ3v) is 3.43. The van der Waals surface area contributed by atoms with Crippen LogP contribution < -0.4 is 10.6 Å². The second-order valence-electron chi connectivity index (χ2n) is 4.63. The normalized spacial score (nSPS) is 18.2. The van der Waals surface area contributed by atoms with E-state index in [0.29, 0.717) is 13.2 Å². The summed E-state index contributed by atoms with van der Waals surface area (Å²) in [4.78, 5) is 13.7. The maximum absolute atomic E-state index is 11.5. The van der Waals surface area contributed by atoms with Crippen molar-refractivity contribution in [3.8, 4) is 0 Å². The van der Waals surface area contributed by atoms with Crippen LogP contribution in [0.25, 0.3) is 0 Å². The lowest BCUT2D eigenvalue weighted by molar-refractivity contribution is -0.119. The number of carbonyl (C=O) groups is 1. The molecule has 1 amide bonds. The molecule has 1 aliphatic rings. The van der Waals surface area contributed by atoms with Crippen molar-refractivity contribution < 1.29 is 14.6 Å². The number of aliphatic hydroxyl groups is 1. The molecule has 1 atom stereocenters. The number of carbonyl (C=O) groups excluding carboxylic acids is 1. The van der Waals surface area contributed by atoms with Crippen LogP contribution >= 0.6 is 0 Å². The molecule has 5 heteroatoms. The number of amides is 1. The number of hydrogen-bond donors (Lipinski definition) is 2. The molecular weight excluding hydrogens is 244 g/mol. The lowest BCUT2D eigenvalue weighted by Crippen LogP contribution is -2.37. The molecule has 5 nitrogen and oxygen atoms in total. The minimum atomic E-state index is -0.261. The van der Waals surface area contributed by atoms with Gasteiger partial charge in [0.05, 0.1) is 25.7 Å². The van der Waals surface area contributed by atoms with Crippen molar-refractivity contribution in [2.45, 2.75) is 12.3 Å². The van der Waals surface area contributed by atoms with Crippen LogP contribution in [0.1, 0.15) is 17.9 Å². The molecule has 0 spiro atoms. The predicted molar refractivity (Wildman–Crippen MR) is 73.1 cm³/mol. The Hall–Kier alpha value is -1.59. The van der Waals surface area contributed by atoms with Crippen molar-refractivity contribution in [3.05, 3.63) is 29.8 Å². The van der Waals surface area contributed by atoms with Crippen LogP contribution in [0.2, 0.25) is 0 Å². The van der Waals surface area contributed by atoms with Crippen LogP contribution in [-0.2, 0) is 9.53 Å². The molecule has 0 fully saturated rings. The van der Waals surface area contributed by atoms with Crippen LogP contribution in [0.4, 0.5) is 5.69 Å². The highest BCUT2D eigenvalue weighted by atomic mass is 16.5. The van der Waals surface area contributed by atoms with Crippen molar-refractivity contribution in [2.75, 3.05) is 37.8 Å². The van der Waals surface area contributed by atoms with Gasteiger partial charge in [-0.2, -0.15) is 0 Å². The molecule has 1 aromatic carbocycles. The first kappa shape index (κ1) is 13.8. The molecule has 3 N–H and O–H groups in total. The zero-order chi connectivity index (χ0) is 13.7. The van der Waals surface area contributed by atoms with Gasteiger partial charge in [-0.15, -0.1) is 0 Å². The van der Waals surface area contributed by atoms with E-state index in [4.69, 9.17) is 15.6 Å². The molecule has 0 radical (unpaired) electrons. The minimum Gasteiger partial charge on any atom is -0.394 e. The van der Waals surface area contributed by atoms with Crippen molar-refractivity contribution in [2.24, 2.45) is 5.73 Å². The first-order valence-electron chi connectivity index (χ1n) is 6.56. The fourth-order valence-corrected chi connectivity index (χ4v) is 2.50. The Labute approximate surface area is 113 Å². The zero-order valence-corrected chi connectivity index (χ0v) is 10.9. The average Bonchev–Trinajstić information content (AvgIpc) is 2.43. The van der Waals surface area contributed by atoms with Crippen LogP contribution in [0.5, 0.6) is 0 Å². The quantitative estimate of drug-likeness (QED) is 0.733. The van der Waals surface area contributed by atoms with Crippen LogP contribution in [0.3, 0.4) is 0 Å². The average molecular weight is 264 g/mol. The Morgan fingerprint density at radius 1 is 1.42 bits per heavy atom. The second kappa shape index (κ2) is 6.54. The van der Waals surface area contributed by atoms with E-state index in [1.54, 1.807) is 0 Å². The molecular formula is C14H20N2O3. The van der Waals surface area contributed by atoms with Gasteiger partial charge in [-0.1, -0.05) is 18.2 Å². The summed E-state index contributed by atoms with van der Waals surface area (Å²) < 4.78 is 5.29. The minimum absolute atomic E-state index is 0.0420. The molecule has 1 aliphatic heterocycles. The van der Waals surface area contributed by atoms with Gasteiger partial charge in [-0.25, -0.2) is 0 Å². The number of benzene rings is 1. The van der Waals surface area contributed by atoms with E-state index in [1.807, 2.05) is 24.3 Å². The summed E-state index contributed by atoms with van der Waals surface area (Å²) in [6, 6.07) is 7.87. The topological polar surface area (TPSA) is 75.8 Å². The molecule has 0 saturated heterocycles. The summed E-state index contributed by atoms with van der Waals surface area (Å²) >= 11 is 0. The molecule has 1 unspecified atom stereocenters. The van der Waals surface area contributed by atoms with Crippen LogP contribution in [0, 0.1) is 0 Å². The maximum atomic E-state index is 11.5. The Morgan fingerprint density at radius 2 is 2.21 bits per heavy atom. The fourth-order valence-electron chi connectivity index (χ4n) is 2.50. The Kier molecular flexibility index (Phi) is 4.76. The summed E-state index contributed by atoms with van der Waals surface area (Å²) in [6.07, 6.45) is 0.742. The molecule has 0 aromatic heterocycles. The zero-order valence-electron chi connectivity index (χ0n) is 10.9. The summed E-state index contributed by atoms with van der Waals surface area (Å²) in [5, 5.41) is 8.67. The number of nitrogens with zero attached hydrogens (tertiary/aromatic N) is 1. The van der Waals surface area contributed by atoms with Gasteiger partial charge in [0.25, 0.3) is 0 Å². The third-order valence-electron chi connectivity index (χ3n) is 3.43. The lowest BCUT2D eigenvalue weighted by atomic mass is 9.89. The number of primary amides is 1. The lowest BCUT2D eigenvalue weighted by Gasteiger charge is -2.34. The maximum Gasteiger partial charge on any atom is 0.225 e. The van der Waals surface area contributed by atoms with Gasteiger partial charge in [-0.3, -0.25) is 4.79 Å².